The van der Waals surface area contributed by atoms with Crippen molar-refractivity contribution >= 4 is 40.2 Å². The number of halogens is 1. The summed E-state index contributed by atoms with van der Waals surface area (Å²) in [4.78, 5) is 18.4. The van der Waals surface area contributed by atoms with Crippen molar-refractivity contribution in [2.45, 2.75) is 6.42 Å². The van der Waals surface area contributed by atoms with E-state index < -0.39 is 0 Å². The van der Waals surface area contributed by atoms with Gasteiger partial charge in [0.15, 0.2) is 0 Å². The van der Waals surface area contributed by atoms with Gasteiger partial charge >= 0.3 is 0 Å². The largest absolute Gasteiger partial charge is 0.376 e. The highest BCUT2D eigenvalue weighted by Crippen LogP contribution is 2.28. The van der Waals surface area contributed by atoms with E-state index in [1.54, 1.807) is 17.5 Å². The molecule has 0 aliphatic heterocycles. The topological polar surface area (TPSA) is 71.2 Å². The van der Waals surface area contributed by atoms with Crippen LogP contribution in [0.3, 0.4) is 0 Å². The molecule has 0 aliphatic carbocycles. The van der Waals surface area contributed by atoms with Gasteiger partial charge in [-0.1, -0.05) is 11.6 Å². The van der Waals surface area contributed by atoms with Crippen molar-refractivity contribution < 1.29 is 4.79 Å². The highest BCUT2D eigenvalue weighted by molar-refractivity contribution is 7.09. The molecular formula is C14H17ClN4OS. The van der Waals surface area contributed by atoms with Gasteiger partial charge < -0.3 is 16.0 Å². The van der Waals surface area contributed by atoms with Gasteiger partial charge in [-0.25, -0.2) is 4.98 Å². The summed E-state index contributed by atoms with van der Waals surface area (Å²) in [6.45, 7) is 0.521. The van der Waals surface area contributed by atoms with Crippen molar-refractivity contribution in [1.29, 1.82) is 0 Å². The number of anilines is 2. The predicted molar refractivity (Wildman–Crippen MR) is 88.6 cm³/mol. The third kappa shape index (κ3) is 3.93. The molecule has 7 heteroatoms. The molecule has 0 bridgehead atoms. The first-order chi connectivity index (χ1) is 10.0. The minimum absolute atomic E-state index is 0.250. The van der Waals surface area contributed by atoms with Gasteiger partial charge in [-0.15, -0.1) is 11.3 Å². The fourth-order valence-corrected chi connectivity index (χ4v) is 2.80. The van der Waals surface area contributed by atoms with Gasteiger partial charge in [-0.2, -0.15) is 0 Å². The SMILES string of the molecule is CN(C)c1ccc(Cl)cc1NC(=O)c1csc(CCN)n1. The number of thiazole rings is 1. The number of carbonyl (C=O) groups excluding carboxylic acids is 1. The van der Waals surface area contributed by atoms with Crippen molar-refractivity contribution in [1.82, 2.24) is 4.98 Å². The van der Waals surface area contributed by atoms with E-state index in [1.807, 2.05) is 25.1 Å². The van der Waals surface area contributed by atoms with Crippen molar-refractivity contribution in [3.05, 3.63) is 39.3 Å². The molecule has 0 atom stereocenters. The minimum atomic E-state index is -0.250. The first kappa shape index (κ1) is 15.8. The normalized spacial score (nSPS) is 10.5. The number of nitrogens with one attached hydrogen (secondary N) is 1. The molecule has 0 aliphatic rings. The fraction of sp³-hybridized carbons (Fsp3) is 0.286. The standard InChI is InChI=1S/C14H17ClN4OS/c1-19(2)12-4-3-9(15)7-10(12)18-14(20)11-8-21-13(17-11)5-6-16/h3-4,7-8H,5-6,16H2,1-2H3,(H,18,20). The molecule has 0 saturated heterocycles. The molecule has 0 unspecified atom stereocenters. The van der Waals surface area contributed by atoms with Crippen molar-refractivity contribution in [3.8, 4) is 0 Å². The van der Waals surface area contributed by atoms with Crippen LogP contribution in [-0.2, 0) is 6.42 Å². The molecule has 0 spiro atoms. The van der Waals surface area contributed by atoms with Crippen LogP contribution in [0.5, 0.6) is 0 Å². The molecule has 5 nitrogen and oxygen atoms in total. The van der Waals surface area contributed by atoms with Crippen molar-refractivity contribution in [3.63, 3.8) is 0 Å². The molecule has 0 fully saturated rings. The Morgan fingerprint density at radius 2 is 2.24 bits per heavy atom. The van der Waals surface area contributed by atoms with E-state index in [-0.39, 0.29) is 5.91 Å². The molecule has 3 N–H and O–H groups in total. The van der Waals surface area contributed by atoms with Crippen LogP contribution in [0.25, 0.3) is 0 Å². The zero-order valence-electron chi connectivity index (χ0n) is 11.9. The second-order valence-corrected chi connectivity index (χ2v) is 6.05. The fourth-order valence-electron chi connectivity index (χ4n) is 1.84. The Morgan fingerprint density at radius 1 is 1.48 bits per heavy atom. The summed E-state index contributed by atoms with van der Waals surface area (Å²) in [5.41, 5.74) is 7.42. The lowest BCUT2D eigenvalue weighted by atomic mass is 10.2. The Balaban J connectivity index is 2.20. The van der Waals surface area contributed by atoms with Crippen LogP contribution in [-0.4, -0.2) is 31.5 Å². The molecule has 0 saturated carbocycles. The highest BCUT2D eigenvalue weighted by atomic mass is 35.5. The molecule has 112 valence electrons. The molecule has 1 amide bonds. The molecule has 2 rings (SSSR count). The summed E-state index contributed by atoms with van der Waals surface area (Å²) in [5.74, 6) is -0.250. The number of hydrogen-bond donors (Lipinski definition) is 2. The van der Waals surface area contributed by atoms with Gasteiger partial charge in [0.25, 0.3) is 5.91 Å². The number of amides is 1. The average Bonchev–Trinajstić information content (AvgIpc) is 2.87. The first-order valence-electron chi connectivity index (χ1n) is 6.44. The second kappa shape index (κ2) is 6.89. The van der Waals surface area contributed by atoms with Crippen LogP contribution in [0.2, 0.25) is 5.02 Å². The van der Waals surface area contributed by atoms with E-state index in [9.17, 15) is 4.79 Å². The van der Waals surface area contributed by atoms with Crippen LogP contribution in [0.1, 0.15) is 15.5 Å². The molecule has 2 aromatic rings. The Hall–Kier alpha value is -1.63. The average molecular weight is 325 g/mol. The Bertz CT molecular complexity index is 642. The van der Waals surface area contributed by atoms with Crippen molar-refractivity contribution in [2.75, 3.05) is 30.9 Å². The Labute approximate surface area is 132 Å². The number of nitrogens with two attached hydrogens (primary N) is 1. The summed E-state index contributed by atoms with van der Waals surface area (Å²) < 4.78 is 0. The quantitative estimate of drug-likeness (QED) is 0.887. The maximum atomic E-state index is 12.3. The molecule has 1 aromatic heterocycles. The number of nitrogens with zero attached hydrogens (tertiary/aromatic N) is 2. The Morgan fingerprint density at radius 3 is 2.90 bits per heavy atom. The van der Waals surface area contributed by atoms with E-state index in [0.717, 1.165) is 10.7 Å². The molecule has 1 aromatic carbocycles. The maximum Gasteiger partial charge on any atom is 0.275 e. The third-order valence-corrected chi connectivity index (χ3v) is 3.97. The van der Waals surface area contributed by atoms with Gasteiger partial charge in [0.2, 0.25) is 0 Å². The van der Waals surface area contributed by atoms with E-state index in [4.69, 9.17) is 17.3 Å². The van der Waals surface area contributed by atoms with Crippen LogP contribution < -0.4 is 16.0 Å². The molecular weight excluding hydrogens is 308 g/mol. The highest BCUT2D eigenvalue weighted by Gasteiger charge is 2.14. The van der Waals surface area contributed by atoms with Crippen molar-refractivity contribution in [2.24, 2.45) is 5.73 Å². The Kier molecular flexibility index (Phi) is 5.17. The smallest absolute Gasteiger partial charge is 0.275 e. The molecule has 1 heterocycles. The number of carbonyl (C=O) groups is 1. The number of hydrogen-bond acceptors (Lipinski definition) is 5. The summed E-state index contributed by atoms with van der Waals surface area (Å²) in [5, 5.41) is 6.02. The predicted octanol–water partition coefficient (Wildman–Crippen LogP) is 2.62. The summed E-state index contributed by atoms with van der Waals surface area (Å²) >= 11 is 7.44. The maximum absolute atomic E-state index is 12.3. The lowest BCUT2D eigenvalue weighted by Gasteiger charge is -2.17. The second-order valence-electron chi connectivity index (χ2n) is 4.68. The molecule has 21 heavy (non-hydrogen) atoms. The summed E-state index contributed by atoms with van der Waals surface area (Å²) in [6.07, 6.45) is 0.679. The molecule has 0 radical (unpaired) electrons. The van der Waals surface area contributed by atoms with Gasteiger partial charge in [0.1, 0.15) is 5.69 Å². The zero-order valence-corrected chi connectivity index (χ0v) is 13.5. The van der Waals surface area contributed by atoms with Crippen LogP contribution in [0, 0.1) is 0 Å². The number of benzene rings is 1. The van der Waals surface area contributed by atoms with Crippen LogP contribution in [0.15, 0.2) is 23.6 Å². The van der Waals surface area contributed by atoms with E-state index in [1.165, 1.54) is 11.3 Å². The lowest BCUT2D eigenvalue weighted by Crippen LogP contribution is -2.17. The third-order valence-electron chi connectivity index (χ3n) is 2.83. The van der Waals surface area contributed by atoms with Gasteiger partial charge in [0.05, 0.1) is 16.4 Å². The minimum Gasteiger partial charge on any atom is -0.376 e. The monoisotopic (exact) mass is 324 g/mol. The van der Waals surface area contributed by atoms with Gasteiger partial charge in [-0.3, -0.25) is 4.79 Å². The van der Waals surface area contributed by atoms with E-state index >= 15 is 0 Å². The summed E-state index contributed by atoms with van der Waals surface area (Å²) in [7, 11) is 3.81. The van der Waals surface area contributed by atoms with Crippen LogP contribution >= 0.6 is 22.9 Å². The zero-order chi connectivity index (χ0) is 15.4. The van der Waals surface area contributed by atoms with Gasteiger partial charge in [-0.05, 0) is 24.7 Å². The summed E-state index contributed by atoms with van der Waals surface area (Å²) in [6, 6.07) is 5.37. The number of rotatable bonds is 5. The van der Waals surface area contributed by atoms with Gasteiger partial charge in [0, 0.05) is 30.9 Å². The van der Waals surface area contributed by atoms with Crippen LogP contribution in [0.4, 0.5) is 11.4 Å². The lowest BCUT2D eigenvalue weighted by molar-refractivity contribution is 0.102. The first-order valence-corrected chi connectivity index (χ1v) is 7.69. The van der Waals surface area contributed by atoms with E-state index in [0.29, 0.717) is 29.4 Å². The number of aromatic nitrogens is 1. The van der Waals surface area contributed by atoms with E-state index in [2.05, 4.69) is 10.3 Å².